The molecule has 0 aliphatic heterocycles. The summed E-state index contributed by atoms with van der Waals surface area (Å²) in [5.74, 6) is 3.03. The molecule has 4 rings (SSSR count). The van der Waals surface area contributed by atoms with Gasteiger partial charge < -0.3 is 4.74 Å². The highest BCUT2D eigenvalue weighted by atomic mass is 19.1. The number of fused-ring (bicyclic) bond motifs is 2. The fraction of sp³-hybridized carbons (Fsp3) is 0.769. The van der Waals surface area contributed by atoms with Gasteiger partial charge in [0.05, 0.1) is 6.10 Å². The maximum Gasteiger partial charge on any atom is 0.126 e. The second-order valence-corrected chi connectivity index (χ2v) is 9.81. The third kappa shape index (κ3) is 4.48. The van der Waals surface area contributed by atoms with Gasteiger partial charge in [-0.05, 0) is 111 Å². The van der Waals surface area contributed by atoms with E-state index in [2.05, 4.69) is 19.9 Å². The molecule has 1 aromatic rings. The summed E-state index contributed by atoms with van der Waals surface area (Å²) in [5.41, 5.74) is 3.67. The standard InChI is InChI=1S/C26H39FO/c1-3-5-6-18-7-8-22-15-23(17-26(27)25(22)13-18)20-9-10-21-16-24(28-4-2)12-11-19(21)14-20/h15,17-21,24H,3-14,16H2,1-2H3. The van der Waals surface area contributed by atoms with Crippen LogP contribution >= 0.6 is 0 Å². The predicted octanol–water partition coefficient (Wildman–Crippen LogP) is 7.21. The van der Waals surface area contributed by atoms with Gasteiger partial charge in [0.15, 0.2) is 0 Å². The fourth-order valence-electron chi connectivity index (χ4n) is 6.43. The zero-order valence-electron chi connectivity index (χ0n) is 18.0. The average Bonchev–Trinajstić information content (AvgIpc) is 2.72. The molecular formula is C26H39FO. The number of unbranched alkanes of at least 4 members (excludes halogenated alkanes) is 1. The summed E-state index contributed by atoms with van der Waals surface area (Å²) in [5, 5.41) is 0. The summed E-state index contributed by atoms with van der Waals surface area (Å²) in [6.45, 7) is 5.21. The Balaban J connectivity index is 1.42. The number of hydrogen-bond donors (Lipinski definition) is 0. The van der Waals surface area contributed by atoms with Crippen molar-refractivity contribution in [2.24, 2.45) is 17.8 Å². The van der Waals surface area contributed by atoms with Crippen LogP contribution < -0.4 is 0 Å². The first kappa shape index (κ1) is 20.4. The van der Waals surface area contributed by atoms with Gasteiger partial charge in [-0.1, -0.05) is 32.3 Å². The highest BCUT2D eigenvalue weighted by molar-refractivity contribution is 5.37. The van der Waals surface area contributed by atoms with Crippen LogP contribution in [0.4, 0.5) is 4.39 Å². The molecule has 0 saturated heterocycles. The summed E-state index contributed by atoms with van der Waals surface area (Å²) in [6, 6.07) is 4.31. The highest BCUT2D eigenvalue weighted by Crippen LogP contribution is 2.47. The quantitative estimate of drug-likeness (QED) is 0.502. The van der Waals surface area contributed by atoms with Gasteiger partial charge in [0.25, 0.3) is 0 Å². The van der Waals surface area contributed by atoms with Gasteiger partial charge in [0.1, 0.15) is 5.82 Å². The van der Waals surface area contributed by atoms with Gasteiger partial charge in [-0.25, -0.2) is 4.39 Å². The third-order valence-electron chi connectivity index (χ3n) is 8.03. The van der Waals surface area contributed by atoms with Gasteiger partial charge in [-0.3, -0.25) is 0 Å². The fourth-order valence-corrected chi connectivity index (χ4v) is 6.43. The van der Waals surface area contributed by atoms with Gasteiger partial charge in [0.2, 0.25) is 0 Å². The van der Waals surface area contributed by atoms with E-state index in [0.29, 0.717) is 17.9 Å². The molecular weight excluding hydrogens is 347 g/mol. The molecule has 0 heterocycles. The van der Waals surface area contributed by atoms with E-state index in [1.54, 1.807) is 0 Å². The predicted molar refractivity (Wildman–Crippen MR) is 114 cm³/mol. The SMILES string of the molecule is CCCCC1CCc2cc(C3CCC4CC(OCC)CCC4C3)cc(F)c2C1. The van der Waals surface area contributed by atoms with E-state index < -0.39 is 0 Å². The Morgan fingerprint density at radius 3 is 2.64 bits per heavy atom. The summed E-state index contributed by atoms with van der Waals surface area (Å²) < 4.78 is 20.9. The third-order valence-corrected chi connectivity index (χ3v) is 8.03. The Morgan fingerprint density at radius 1 is 1.00 bits per heavy atom. The van der Waals surface area contributed by atoms with Crippen LogP contribution in [0.15, 0.2) is 12.1 Å². The molecule has 0 N–H and O–H groups in total. The first-order valence-electron chi connectivity index (χ1n) is 12.1. The van der Waals surface area contributed by atoms with Crippen LogP contribution in [0.25, 0.3) is 0 Å². The summed E-state index contributed by atoms with van der Waals surface area (Å²) in [4.78, 5) is 0. The largest absolute Gasteiger partial charge is 0.378 e. The maximum absolute atomic E-state index is 15.0. The lowest BCUT2D eigenvalue weighted by atomic mass is 9.65. The van der Waals surface area contributed by atoms with Gasteiger partial charge in [-0.15, -0.1) is 0 Å². The topological polar surface area (TPSA) is 9.23 Å². The van der Waals surface area contributed by atoms with Crippen molar-refractivity contribution in [2.75, 3.05) is 6.61 Å². The van der Waals surface area contributed by atoms with Crippen molar-refractivity contribution in [3.05, 3.63) is 34.6 Å². The van der Waals surface area contributed by atoms with E-state index in [1.807, 2.05) is 6.07 Å². The number of rotatable bonds is 6. The average molecular weight is 387 g/mol. The molecule has 0 radical (unpaired) electrons. The van der Waals surface area contributed by atoms with Crippen molar-refractivity contribution in [1.82, 2.24) is 0 Å². The van der Waals surface area contributed by atoms with E-state index in [0.717, 1.165) is 36.8 Å². The minimum atomic E-state index is 0.0934. The summed E-state index contributed by atoms with van der Waals surface area (Å²) >= 11 is 0. The van der Waals surface area contributed by atoms with Crippen molar-refractivity contribution in [1.29, 1.82) is 0 Å². The number of ether oxygens (including phenoxy) is 1. The molecule has 1 aromatic carbocycles. The number of halogens is 1. The molecule has 5 atom stereocenters. The molecule has 2 fully saturated rings. The van der Waals surface area contributed by atoms with Crippen molar-refractivity contribution >= 4 is 0 Å². The van der Waals surface area contributed by atoms with Gasteiger partial charge in [0, 0.05) is 6.61 Å². The van der Waals surface area contributed by atoms with Crippen LogP contribution in [-0.4, -0.2) is 12.7 Å². The first-order valence-corrected chi connectivity index (χ1v) is 12.1. The van der Waals surface area contributed by atoms with Gasteiger partial charge >= 0.3 is 0 Å². The van der Waals surface area contributed by atoms with E-state index in [9.17, 15) is 0 Å². The van der Waals surface area contributed by atoms with Crippen molar-refractivity contribution in [3.8, 4) is 0 Å². The molecule has 2 heteroatoms. The van der Waals surface area contributed by atoms with Crippen LogP contribution in [0.5, 0.6) is 0 Å². The minimum Gasteiger partial charge on any atom is -0.378 e. The number of hydrogen-bond acceptors (Lipinski definition) is 1. The molecule has 2 saturated carbocycles. The van der Waals surface area contributed by atoms with Crippen LogP contribution in [0.3, 0.4) is 0 Å². The molecule has 3 aliphatic rings. The Kier molecular flexibility index (Phi) is 6.76. The highest BCUT2D eigenvalue weighted by Gasteiger charge is 2.36. The van der Waals surface area contributed by atoms with Crippen molar-refractivity contribution < 1.29 is 9.13 Å². The van der Waals surface area contributed by atoms with E-state index in [1.165, 1.54) is 75.3 Å². The first-order chi connectivity index (χ1) is 13.7. The summed E-state index contributed by atoms with van der Waals surface area (Å²) in [6.07, 6.45) is 15.2. The molecule has 0 spiro atoms. The van der Waals surface area contributed by atoms with Crippen LogP contribution in [0.2, 0.25) is 0 Å². The van der Waals surface area contributed by atoms with E-state index >= 15 is 4.39 Å². The van der Waals surface area contributed by atoms with Gasteiger partial charge in [-0.2, -0.15) is 0 Å². The second kappa shape index (κ2) is 9.28. The molecule has 0 bridgehead atoms. The lowest BCUT2D eigenvalue weighted by Gasteiger charge is -2.42. The zero-order valence-corrected chi connectivity index (χ0v) is 18.0. The molecule has 0 amide bonds. The smallest absolute Gasteiger partial charge is 0.126 e. The molecule has 5 unspecified atom stereocenters. The Morgan fingerprint density at radius 2 is 1.82 bits per heavy atom. The van der Waals surface area contributed by atoms with E-state index in [-0.39, 0.29) is 5.82 Å². The molecule has 28 heavy (non-hydrogen) atoms. The van der Waals surface area contributed by atoms with E-state index in [4.69, 9.17) is 4.74 Å². The lowest BCUT2D eigenvalue weighted by Crippen LogP contribution is -2.33. The second-order valence-electron chi connectivity index (χ2n) is 9.81. The molecule has 3 aliphatic carbocycles. The van der Waals surface area contributed by atoms with Crippen molar-refractivity contribution in [3.63, 3.8) is 0 Å². The Labute approximate surface area is 171 Å². The monoisotopic (exact) mass is 386 g/mol. The molecule has 156 valence electrons. The van der Waals surface area contributed by atoms with Crippen molar-refractivity contribution in [2.45, 2.75) is 103 Å². The lowest BCUT2D eigenvalue weighted by molar-refractivity contribution is -0.00956. The van der Waals surface area contributed by atoms with Crippen LogP contribution in [-0.2, 0) is 17.6 Å². The van der Waals surface area contributed by atoms with Crippen LogP contribution in [0.1, 0.15) is 101 Å². The number of aryl methyl sites for hydroxylation is 1. The Bertz CT molecular complexity index is 654. The normalized spacial score (nSPS) is 32.6. The molecule has 1 nitrogen and oxygen atoms in total. The number of benzene rings is 1. The maximum atomic E-state index is 15.0. The van der Waals surface area contributed by atoms with Crippen LogP contribution in [0, 0.1) is 23.6 Å². The summed E-state index contributed by atoms with van der Waals surface area (Å²) in [7, 11) is 0. The minimum absolute atomic E-state index is 0.0934. The Hall–Kier alpha value is -0.890. The molecule has 0 aromatic heterocycles. The zero-order chi connectivity index (χ0) is 19.5.